The summed E-state index contributed by atoms with van der Waals surface area (Å²) in [5.41, 5.74) is 0. The van der Waals surface area contributed by atoms with Crippen molar-refractivity contribution in [3.63, 3.8) is 0 Å². The zero-order chi connectivity index (χ0) is 18.6. The van der Waals surface area contributed by atoms with Gasteiger partial charge < -0.3 is 0 Å². The van der Waals surface area contributed by atoms with E-state index in [1.54, 1.807) is 0 Å². The topological polar surface area (TPSA) is 0 Å². The molecular weight excluding hydrogens is 300 g/mol. The van der Waals surface area contributed by atoms with E-state index in [9.17, 15) is 0 Å². The largest absolute Gasteiger partial charge is 0.0885 e. The van der Waals surface area contributed by atoms with Crippen LogP contribution in [0.4, 0.5) is 0 Å². The van der Waals surface area contributed by atoms with Crippen molar-refractivity contribution >= 4 is 0 Å². The van der Waals surface area contributed by atoms with Gasteiger partial charge in [0.25, 0.3) is 0 Å². The van der Waals surface area contributed by atoms with Crippen molar-refractivity contribution in [3.05, 3.63) is 12.2 Å². The quantitative estimate of drug-likeness (QED) is 0.161. The second-order valence-corrected chi connectivity index (χ2v) is 8.52. The average Bonchev–Trinajstić information content (AvgIpc) is 2.60. The Morgan fingerprint density at radius 2 is 1.00 bits per heavy atom. The van der Waals surface area contributed by atoms with Crippen LogP contribution in [0, 0.1) is 11.8 Å². The van der Waals surface area contributed by atoms with Crippen molar-refractivity contribution < 1.29 is 0 Å². The molecule has 0 saturated carbocycles. The third kappa shape index (κ3) is 18.3. The van der Waals surface area contributed by atoms with Crippen molar-refractivity contribution in [1.29, 1.82) is 0 Å². The molecule has 0 radical (unpaired) electrons. The van der Waals surface area contributed by atoms with Crippen LogP contribution in [0.5, 0.6) is 0 Å². The lowest BCUT2D eigenvalue weighted by atomic mass is 9.85. The number of unbranched alkanes of at least 4 members (excludes halogenated alkanes) is 12. The maximum atomic E-state index is 2.44. The van der Waals surface area contributed by atoms with Gasteiger partial charge in [0.2, 0.25) is 0 Å². The molecule has 150 valence electrons. The van der Waals surface area contributed by atoms with Gasteiger partial charge in [-0.3, -0.25) is 0 Å². The lowest BCUT2D eigenvalue weighted by Gasteiger charge is -2.20. The lowest BCUT2D eigenvalue weighted by Crippen LogP contribution is -2.08. The molecule has 0 aliphatic rings. The molecule has 1 atom stereocenters. The summed E-state index contributed by atoms with van der Waals surface area (Å²) in [6, 6.07) is 0. The fraction of sp³-hybridized carbons (Fsp3) is 0.920. The van der Waals surface area contributed by atoms with E-state index < -0.39 is 0 Å². The highest BCUT2D eigenvalue weighted by molar-refractivity contribution is 4.80. The second-order valence-electron chi connectivity index (χ2n) is 8.52. The molecule has 0 N–H and O–H groups in total. The Labute approximate surface area is 161 Å². The van der Waals surface area contributed by atoms with Crippen molar-refractivity contribution in [2.24, 2.45) is 11.8 Å². The molecule has 0 fully saturated rings. The Balaban J connectivity index is 3.50. The van der Waals surface area contributed by atoms with Gasteiger partial charge in [0, 0.05) is 0 Å². The summed E-state index contributed by atoms with van der Waals surface area (Å²) in [4.78, 5) is 0. The zero-order valence-corrected chi connectivity index (χ0v) is 18.3. The first-order valence-electron chi connectivity index (χ1n) is 11.9. The third-order valence-electron chi connectivity index (χ3n) is 5.69. The standard InChI is InChI=1S/C25H50/c1-5-7-9-11-13-14-15-17-19-21-23-25(24(3)4)22-20-18-16-12-10-8-6-2/h9,11,24-25H,5-8,10,12-23H2,1-4H3. The third-order valence-corrected chi connectivity index (χ3v) is 5.69. The summed E-state index contributed by atoms with van der Waals surface area (Å²) in [6.07, 6.45) is 28.9. The van der Waals surface area contributed by atoms with Crippen LogP contribution in [0.3, 0.4) is 0 Å². The van der Waals surface area contributed by atoms with E-state index in [2.05, 4.69) is 39.8 Å². The van der Waals surface area contributed by atoms with E-state index >= 15 is 0 Å². The van der Waals surface area contributed by atoms with E-state index in [1.165, 1.54) is 109 Å². The molecule has 0 aromatic heterocycles. The maximum Gasteiger partial charge on any atom is -0.0351 e. The molecule has 0 spiro atoms. The Hall–Kier alpha value is -0.260. The molecular formula is C25H50. The molecule has 0 nitrogen and oxygen atoms in total. The van der Waals surface area contributed by atoms with Crippen LogP contribution in [-0.2, 0) is 0 Å². The van der Waals surface area contributed by atoms with Crippen LogP contribution in [0.1, 0.15) is 137 Å². The summed E-state index contributed by atoms with van der Waals surface area (Å²) < 4.78 is 0. The van der Waals surface area contributed by atoms with Crippen LogP contribution in [-0.4, -0.2) is 0 Å². The molecule has 0 aromatic rings. The summed E-state index contributed by atoms with van der Waals surface area (Å²) in [5.74, 6) is 1.86. The van der Waals surface area contributed by atoms with Crippen molar-refractivity contribution in [3.8, 4) is 0 Å². The number of allylic oxidation sites excluding steroid dienone is 2. The van der Waals surface area contributed by atoms with Gasteiger partial charge in [0.05, 0.1) is 0 Å². The Bertz CT molecular complexity index is 263. The van der Waals surface area contributed by atoms with Gasteiger partial charge in [-0.15, -0.1) is 0 Å². The van der Waals surface area contributed by atoms with Crippen LogP contribution >= 0.6 is 0 Å². The number of hydrogen-bond acceptors (Lipinski definition) is 0. The predicted octanol–water partition coefficient (Wildman–Crippen LogP) is 9.49. The Morgan fingerprint density at radius 3 is 1.52 bits per heavy atom. The second kappa shape index (κ2) is 20.1. The monoisotopic (exact) mass is 350 g/mol. The van der Waals surface area contributed by atoms with Gasteiger partial charge in [-0.2, -0.15) is 0 Å². The van der Waals surface area contributed by atoms with E-state index in [0.717, 1.165) is 11.8 Å². The highest BCUT2D eigenvalue weighted by atomic mass is 14.2. The zero-order valence-electron chi connectivity index (χ0n) is 18.3. The smallest absolute Gasteiger partial charge is 0.0351 e. The number of hydrogen-bond donors (Lipinski definition) is 0. The summed E-state index contributed by atoms with van der Waals surface area (Å²) >= 11 is 0. The molecule has 0 heterocycles. The van der Waals surface area contributed by atoms with Gasteiger partial charge in [-0.25, -0.2) is 0 Å². The molecule has 1 unspecified atom stereocenters. The molecule has 0 bridgehead atoms. The van der Waals surface area contributed by atoms with Crippen LogP contribution < -0.4 is 0 Å². The molecule has 0 amide bonds. The molecule has 0 aliphatic heterocycles. The first kappa shape index (κ1) is 24.7. The van der Waals surface area contributed by atoms with Crippen LogP contribution in [0.15, 0.2) is 12.2 Å². The lowest BCUT2D eigenvalue weighted by molar-refractivity contribution is 0.312. The summed E-state index contributed by atoms with van der Waals surface area (Å²) in [7, 11) is 0. The van der Waals surface area contributed by atoms with Gasteiger partial charge in [0.15, 0.2) is 0 Å². The summed E-state index contributed by atoms with van der Waals surface area (Å²) in [6.45, 7) is 9.43. The Morgan fingerprint density at radius 1 is 0.520 bits per heavy atom. The maximum absolute atomic E-state index is 2.44. The highest BCUT2D eigenvalue weighted by Crippen LogP contribution is 2.25. The SMILES string of the molecule is CCCC=CCCCCCCCC(CCCCCCCCC)C(C)C. The molecule has 25 heavy (non-hydrogen) atoms. The predicted molar refractivity (Wildman–Crippen MR) is 117 cm³/mol. The van der Waals surface area contributed by atoms with Crippen molar-refractivity contribution in [2.75, 3.05) is 0 Å². The minimum absolute atomic E-state index is 0.879. The first-order chi connectivity index (χ1) is 12.2. The van der Waals surface area contributed by atoms with Crippen molar-refractivity contribution in [2.45, 2.75) is 137 Å². The van der Waals surface area contributed by atoms with E-state index in [1.807, 2.05) is 0 Å². The van der Waals surface area contributed by atoms with Gasteiger partial charge in [-0.1, -0.05) is 130 Å². The minimum atomic E-state index is 0.879. The minimum Gasteiger partial charge on any atom is -0.0885 e. The van der Waals surface area contributed by atoms with E-state index in [0.29, 0.717) is 0 Å². The molecule has 0 rings (SSSR count). The molecule has 0 aliphatic carbocycles. The summed E-state index contributed by atoms with van der Waals surface area (Å²) in [5, 5.41) is 0. The first-order valence-corrected chi connectivity index (χ1v) is 11.9. The van der Waals surface area contributed by atoms with Crippen molar-refractivity contribution in [1.82, 2.24) is 0 Å². The fourth-order valence-electron chi connectivity index (χ4n) is 3.78. The fourth-order valence-corrected chi connectivity index (χ4v) is 3.78. The molecule has 0 aromatic carbocycles. The van der Waals surface area contributed by atoms with Gasteiger partial charge >= 0.3 is 0 Å². The highest BCUT2D eigenvalue weighted by Gasteiger charge is 2.12. The normalized spacial score (nSPS) is 13.2. The van der Waals surface area contributed by atoms with E-state index in [4.69, 9.17) is 0 Å². The average molecular weight is 351 g/mol. The Kier molecular flexibility index (Phi) is 19.8. The van der Waals surface area contributed by atoms with E-state index in [-0.39, 0.29) is 0 Å². The van der Waals surface area contributed by atoms with Gasteiger partial charge in [-0.05, 0) is 31.1 Å². The molecule has 0 saturated heterocycles. The molecule has 0 heteroatoms. The van der Waals surface area contributed by atoms with Gasteiger partial charge in [0.1, 0.15) is 0 Å². The van der Waals surface area contributed by atoms with Crippen LogP contribution in [0.25, 0.3) is 0 Å². The number of rotatable bonds is 19. The van der Waals surface area contributed by atoms with Crippen LogP contribution in [0.2, 0.25) is 0 Å².